The third-order valence-electron chi connectivity index (χ3n) is 4.44. The molecular weight excluding hydrogens is 224 g/mol. The van der Waals surface area contributed by atoms with Crippen LogP contribution in [0, 0.1) is 11.8 Å². The highest BCUT2D eigenvalue weighted by atomic mass is 16.6. The van der Waals surface area contributed by atoms with Crippen molar-refractivity contribution in [2.24, 2.45) is 11.8 Å². The van der Waals surface area contributed by atoms with Crippen molar-refractivity contribution in [2.45, 2.75) is 71.8 Å². The van der Waals surface area contributed by atoms with E-state index in [0.717, 1.165) is 19.3 Å². The first-order valence-electron chi connectivity index (χ1n) is 7.35. The van der Waals surface area contributed by atoms with Crippen molar-refractivity contribution in [3.8, 4) is 0 Å². The molecule has 0 amide bonds. The number of esters is 1. The molecule has 0 aromatic rings. The number of ether oxygens (including phenoxy) is 1. The number of rotatable bonds is 5. The first-order valence-corrected chi connectivity index (χ1v) is 7.35. The summed E-state index contributed by atoms with van der Waals surface area (Å²) >= 11 is 0. The zero-order chi connectivity index (χ0) is 13.8. The molecule has 0 N–H and O–H groups in total. The zero-order valence-electron chi connectivity index (χ0n) is 12.4. The first-order chi connectivity index (χ1) is 8.46. The predicted molar refractivity (Wildman–Crippen MR) is 75.3 cm³/mol. The van der Waals surface area contributed by atoms with Crippen LogP contribution in [-0.4, -0.2) is 11.6 Å². The van der Waals surface area contributed by atoms with Crippen molar-refractivity contribution < 1.29 is 9.53 Å². The van der Waals surface area contributed by atoms with E-state index in [1.807, 2.05) is 0 Å². The average molecular weight is 252 g/mol. The SMILES string of the molecule is C=C(C)C(=O)OC1(CC)CC(CC)CC(CC)C1. The summed E-state index contributed by atoms with van der Waals surface area (Å²) in [5.41, 5.74) is 0.268. The largest absolute Gasteiger partial charge is 0.456 e. The van der Waals surface area contributed by atoms with E-state index in [1.165, 1.54) is 19.3 Å². The van der Waals surface area contributed by atoms with Gasteiger partial charge in [0.1, 0.15) is 5.60 Å². The molecule has 2 atom stereocenters. The molecule has 0 aliphatic heterocycles. The Bertz CT molecular complexity index is 294. The highest BCUT2D eigenvalue weighted by Crippen LogP contribution is 2.43. The van der Waals surface area contributed by atoms with Crippen LogP contribution < -0.4 is 0 Å². The standard InChI is InChI=1S/C16H28O2/c1-6-13-9-14(7-2)11-16(8-3,10-13)18-15(17)12(4)5/h13-14H,4,6-11H2,1-3,5H3. The van der Waals surface area contributed by atoms with Crippen molar-refractivity contribution in [1.82, 2.24) is 0 Å². The molecule has 0 spiro atoms. The monoisotopic (exact) mass is 252 g/mol. The normalized spacial score (nSPS) is 32.0. The van der Waals surface area contributed by atoms with Gasteiger partial charge in [-0.05, 0) is 44.4 Å². The summed E-state index contributed by atoms with van der Waals surface area (Å²) in [6.07, 6.45) is 6.62. The fourth-order valence-electron chi connectivity index (χ4n) is 3.12. The third kappa shape index (κ3) is 3.60. The van der Waals surface area contributed by atoms with Crippen molar-refractivity contribution >= 4 is 5.97 Å². The molecule has 0 aromatic heterocycles. The molecule has 18 heavy (non-hydrogen) atoms. The Balaban J connectivity index is 2.83. The molecule has 1 rings (SSSR count). The van der Waals surface area contributed by atoms with E-state index in [0.29, 0.717) is 17.4 Å². The minimum Gasteiger partial charge on any atom is -0.456 e. The lowest BCUT2D eigenvalue weighted by molar-refractivity contribution is -0.163. The Morgan fingerprint density at radius 3 is 2.06 bits per heavy atom. The fraction of sp³-hybridized carbons (Fsp3) is 0.812. The highest BCUT2D eigenvalue weighted by Gasteiger charge is 2.41. The maximum absolute atomic E-state index is 11.8. The van der Waals surface area contributed by atoms with Crippen LogP contribution in [0.5, 0.6) is 0 Å². The van der Waals surface area contributed by atoms with Gasteiger partial charge in [-0.3, -0.25) is 0 Å². The third-order valence-corrected chi connectivity index (χ3v) is 4.44. The molecule has 2 nitrogen and oxygen atoms in total. The maximum Gasteiger partial charge on any atom is 0.333 e. The van der Waals surface area contributed by atoms with Gasteiger partial charge >= 0.3 is 5.97 Å². The Kier molecular flexibility index (Phi) is 5.43. The summed E-state index contributed by atoms with van der Waals surface area (Å²) in [5, 5.41) is 0. The molecule has 1 aliphatic carbocycles. The summed E-state index contributed by atoms with van der Waals surface area (Å²) < 4.78 is 5.82. The minimum absolute atomic E-state index is 0.219. The number of carbonyl (C=O) groups is 1. The Morgan fingerprint density at radius 1 is 1.22 bits per heavy atom. The number of hydrogen-bond acceptors (Lipinski definition) is 2. The van der Waals surface area contributed by atoms with Gasteiger partial charge in [-0.1, -0.05) is 40.2 Å². The molecule has 1 saturated carbocycles. The second kappa shape index (κ2) is 6.40. The topological polar surface area (TPSA) is 26.3 Å². The van der Waals surface area contributed by atoms with Crippen molar-refractivity contribution in [3.05, 3.63) is 12.2 Å². The van der Waals surface area contributed by atoms with Gasteiger partial charge in [0.05, 0.1) is 0 Å². The Hall–Kier alpha value is -0.790. The molecule has 1 fully saturated rings. The molecule has 0 radical (unpaired) electrons. The summed E-state index contributed by atoms with van der Waals surface area (Å²) in [6.45, 7) is 12.0. The van der Waals surface area contributed by atoms with Gasteiger partial charge in [-0.15, -0.1) is 0 Å². The summed E-state index contributed by atoms with van der Waals surface area (Å²) in [4.78, 5) is 11.8. The molecule has 2 heteroatoms. The molecule has 0 aromatic carbocycles. The highest BCUT2D eigenvalue weighted by molar-refractivity contribution is 5.87. The van der Waals surface area contributed by atoms with Gasteiger partial charge in [0.25, 0.3) is 0 Å². The summed E-state index contributed by atoms with van der Waals surface area (Å²) in [5.74, 6) is 1.17. The van der Waals surface area contributed by atoms with Crippen molar-refractivity contribution in [1.29, 1.82) is 0 Å². The predicted octanol–water partition coefficient (Wildman–Crippen LogP) is 4.49. The minimum atomic E-state index is -0.240. The van der Waals surface area contributed by atoms with Gasteiger partial charge < -0.3 is 4.74 Å². The van der Waals surface area contributed by atoms with Crippen LogP contribution in [0.2, 0.25) is 0 Å². The molecule has 1 aliphatic rings. The van der Waals surface area contributed by atoms with Crippen LogP contribution in [-0.2, 0) is 9.53 Å². The lowest BCUT2D eigenvalue weighted by Crippen LogP contribution is -2.42. The number of hydrogen-bond donors (Lipinski definition) is 0. The molecule has 0 heterocycles. The van der Waals surface area contributed by atoms with Gasteiger partial charge in [-0.2, -0.15) is 0 Å². The molecule has 2 unspecified atom stereocenters. The van der Waals surface area contributed by atoms with Crippen LogP contribution in [0.15, 0.2) is 12.2 Å². The van der Waals surface area contributed by atoms with Crippen molar-refractivity contribution in [3.63, 3.8) is 0 Å². The van der Waals surface area contributed by atoms with E-state index in [4.69, 9.17) is 4.74 Å². The lowest BCUT2D eigenvalue weighted by atomic mass is 9.69. The quantitative estimate of drug-likeness (QED) is 0.532. The Labute approximate surface area is 112 Å². The molecule has 0 saturated heterocycles. The molecule has 104 valence electrons. The summed E-state index contributed by atoms with van der Waals surface area (Å²) in [6, 6.07) is 0. The second-order valence-electron chi connectivity index (χ2n) is 5.90. The Morgan fingerprint density at radius 2 is 1.72 bits per heavy atom. The lowest BCUT2D eigenvalue weighted by Gasteiger charge is -2.43. The molecular formula is C16H28O2. The van der Waals surface area contributed by atoms with Crippen LogP contribution in [0.3, 0.4) is 0 Å². The van der Waals surface area contributed by atoms with E-state index >= 15 is 0 Å². The van der Waals surface area contributed by atoms with E-state index < -0.39 is 0 Å². The van der Waals surface area contributed by atoms with Gasteiger partial charge in [0, 0.05) is 5.57 Å². The van der Waals surface area contributed by atoms with Crippen LogP contribution in [0.25, 0.3) is 0 Å². The van der Waals surface area contributed by atoms with Crippen LogP contribution in [0.1, 0.15) is 66.2 Å². The van der Waals surface area contributed by atoms with E-state index in [-0.39, 0.29) is 11.6 Å². The fourth-order valence-corrected chi connectivity index (χ4v) is 3.12. The van der Waals surface area contributed by atoms with E-state index in [9.17, 15) is 4.79 Å². The average Bonchev–Trinajstić information content (AvgIpc) is 2.37. The van der Waals surface area contributed by atoms with Gasteiger partial charge in [0.2, 0.25) is 0 Å². The smallest absolute Gasteiger partial charge is 0.333 e. The van der Waals surface area contributed by atoms with Crippen LogP contribution >= 0.6 is 0 Å². The van der Waals surface area contributed by atoms with Gasteiger partial charge in [-0.25, -0.2) is 4.79 Å². The second-order valence-corrected chi connectivity index (χ2v) is 5.90. The maximum atomic E-state index is 11.8. The summed E-state index contributed by atoms with van der Waals surface area (Å²) in [7, 11) is 0. The first kappa shape index (κ1) is 15.3. The van der Waals surface area contributed by atoms with E-state index in [1.54, 1.807) is 6.92 Å². The molecule has 0 bridgehead atoms. The zero-order valence-corrected chi connectivity index (χ0v) is 12.4. The van der Waals surface area contributed by atoms with Gasteiger partial charge in [0.15, 0.2) is 0 Å². The van der Waals surface area contributed by atoms with Crippen LogP contribution in [0.4, 0.5) is 0 Å². The number of carbonyl (C=O) groups excluding carboxylic acids is 1. The van der Waals surface area contributed by atoms with E-state index in [2.05, 4.69) is 27.4 Å². The van der Waals surface area contributed by atoms with Crippen molar-refractivity contribution in [2.75, 3.05) is 0 Å².